The number of furan rings is 1. The van der Waals surface area contributed by atoms with E-state index in [4.69, 9.17) is 9.15 Å². The van der Waals surface area contributed by atoms with Gasteiger partial charge in [-0.2, -0.15) is 0 Å². The maximum atomic E-state index is 12.7. The Kier molecular flexibility index (Phi) is 6.08. The van der Waals surface area contributed by atoms with Crippen molar-refractivity contribution in [2.75, 3.05) is 26.2 Å². The fourth-order valence-electron chi connectivity index (χ4n) is 3.99. The number of hydrogen-bond acceptors (Lipinski definition) is 6. The molecular weight excluding hydrogens is 388 g/mol. The molecule has 2 fully saturated rings. The van der Waals surface area contributed by atoms with Gasteiger partial charge in [0, 0.05) is 24.2 Å². The molecule has 9 heteroatoms. The zero-order valence-electron chi connectivity index (χ0n) is 17.1. The van der Waals surface area contributed by atoms with E-state index in [1.54, 1.807) is 19.1 Å². The molecule has 3 N–H and O–H groups in total. The minimum atomic E-state index is -0.704. The second-order valence-corrected chi connectivity index (χ2v) is 7.99. The summed E-state index contributed by atoms with van der Waals surface area (Å²) in [5.74, 6) is 0.163. The summed E-state index contributed by atoms with van der Waals surface area (Å²) in [6, 6.07) is 2.71. The molecule has 1 saturated carbocycles. The molecule has 3 aliphatic rings. The van der Waals surface area contributed by atoms with Gasteiger partial charge < -0.3 is 25.1 Å². The Morgan fingerprint density at radius 2 is 2.03 bits per heavy atom. The van der Waals surface area contributed by atoms with Crippen LogP contribution in [0.4, 0.5) is 4.79 Å². The summed E-state index contributed by atoms with van der Waals surface area (Å²) in [6.07, 6.45) is 5.19. The molecule has 1 aromatic heterocycles. The first kappa shape index (κ1) is 20.5. The predicted molar refractivity (Wildman–Crippen MR) is 107 cm³/mol. The minimum Gasteiger partial charge on any atom is -0.467 e. The van der Waals surface area contributed by atoms with Crippen molar-refractivity contribution in [3.8, 4) is 0 Å². The van der Waals surface area contributed by atoms with E-state index < -0.39 is 18.0 Å². The van der Waals surface area contributed by atoms with E-state index in [9.17, 15) is 14.4 Å². The fraction of sp³-hybridized carbons (Fsp3) is 0.571. The van der Waals surface area contributed by atoms with Crippen LogP contribution in [0.15, 0.2) is 34.1 Å². The molecule has 162 valence electrons. The number of urea groups is 1. The van der Waals surface area contributed by atoms with Crippen molar-refractivity contribution in [1.82, 2.24) is 20.9 Å². The number of hydrogen-bond donors (Lipinski definition) is 3. The van der Waals surface area contributed by atoms with Gasteiger partial charge in [-0.25, -0.2) is 9.59 Å². The zero-order valence-corrected chi connectivity index (χ0v) is 17.1. The summed E-state index contributed by atoms with van der Waals surface area (Å²) in [5.41, 5.74) is 0.861. The highest BCUT2D eigenvalue weighted by Crippen LogP contribution is 2.29. The minimum absolute atomic E-state index is 0.0267. The third-order valence-electron chi connectivity index (χ3n) is 5.74. The Balaban J connectivity index is 1.48. The number of piperidine rings is 1. The van der Waals surface area contributed by atoms with Crippen molar-refractivity contribution in [3.05, 3.63) is 35.4 Å². The highest BCUT2D eigenvalue weighted by Gasteiger charge is 2.36. The lowest BCUT2D eigenvalue weighted by molar-refractivity contribution is -0.139. The molecule has 0 bridgehead atoms. The van der Waals surface area contributed by atoms with Gasteiger partial charge in [0.05, 0.1) is 18.4 Å². The quantitative estimate of drug-likeness (QED) is 0.580. The summed E-state index contributed by atoms with van der Waals surface area (Å²) in [6.45, 7) is 3.81. The van der Waals surface area contributed by atoms with Crippen LogP contribution < -0.4 is 16.0 Å². The molecule has 9 nitrogen and oxygen atoms in total. The van der Waals surface area contributed by atoms with Gasteiger partial charge in [-0.3, -0.25) is 9.69 Å². The van der Waals surface area contributed by atoms with Crippen LogP contribution in [0.2, 0.25) is 0 Å². The number of nitrogens with one attached hydrogen (secondary N) is 3. The number of carbonyl (C=O) groups excluding carboxylic acids is 3. The van der Waals surface area contributed by atoms with Crippen LogP contribution in [-0.4, -0.2) is 55.1 Å². The third kappa shape index (κ3) is 4.67. The van der Waals surface area contributed by atoms with Gasteiger partial charge in [-0.05, 0) is 57.8 Å². The Morgan fingerprint density at radius 1 is 1.27 bits per heavy atom. The Labute approximate surface area is 175 Å². The van der Waals surface area contributed by atoms with Crippen molar-refractivity contribution in [1.29, 1.82) is 0 Å². The van der Waals surface area contributed by atoms with Crippen LogP contribution in [0, 0.1) is 5.92 Å². The maximum absolute atomic E-state index is 12.7. The van der Waals surface area contributed by atoms with Gasteiger partial charge >= 0.3 is 12.0 Å². The first-order valence-corrected chi connectivity index (χ1v) is 10.6. The first-order chi connectivity index (χ1) is 14.5. The lowest BCUT2D eigenvalue weighted by atomic mass is 9.95. The highest BCUT2D eigenvalue weighted by molar-refractivity contribution is 5.95. The fourth-order valence-corrected chi connectivity index (χ4v) is 3.99. The Morgan fingerprint density at radius 3 is 2.67 bits per heavy atom. The molecule has 3 amide bonds. The molecule has 2 aliphatic heterocycles. The topological polar surface area (TPSA) is 113 Å². The molecular formula is C21H28N4O5. The number of rotatable bonds is 7. The molecule has 1 aromatic rings. The molecule has 4 rings (SSSR count). The number of esters is 1. The van der Waals surface area contributed by atoms with Gasteiger partial charge in [0.1, 0.15) is 11.8 Å². The normalized spacial score (nSPS) is 23.0. The Bertz CT molecular complexity index is 822. The lowest BCUT2D eigenvalue weighted by Gasteiger charge is -2.34. The second kappa shape index (κ2) is 8.91. The van der Waals surface area contributed by atoms with E-state index in [0.717, 1.165) is 38.8 Å². The summed E-state index contributed by atoms with van der Waals surface area (Å²) < 4.78 is 10.7. The van der Waals surface area contributed by atoms with Crippen LogP contribution in [0.5, 0.6) is 0 Å². The molecule has 1 saturated heterocycles. The van der Waals surface area contributed by atoms with Gasteiger partial charge in [0.25, 0.3) is 0 Å². The van der Waals surface area contributed by atoms with E-state index in [2.05, 4.69) is 20.9 Å². The van der Waals surface area contributed by atoms with E-state index in [1.807, 2.05) is 0 Å². The number of ether oxygens (including phenoxy) is 1. The van der Waals surface area contributed by atoms with Crippen LogP contribution >= 0.6 is 0 Å². The van der Waals surface area contributed by atoms with Gasteiger partial charge in [0.15, 0.2) is 0 Å². The molecule has 3 heterocycles. The van der Waals surface area contributed by atoms with Crippen molar-refractivity contribution in [2.24, 2.45) is 5.92 Å². The van der Waals surface area contributed by atoms with Crippen LogP contribution in [-0.2, 0) is 14.3 Å². The van der Waals surface area contributed by atoms with Gasteiger partial charge in [-0.1, -0.05) is 0 Å². The SMILES string of the molecule is CCOC(=O)C1=C(CN2CCC(C(=O)NC3CC3)CC2)NC(=O)NC1c1ccco1. The molecule has 1 aliphatic carbocycles. The van der Waals surface area contributed by atoms with Crippen LogP contribution in [0.25, 0.3) is 0 Å². The second-order valence-electron chi connectivity index (χ2n) is 7.99. The van der Waals surface area contributed by atoms with E-state index >= 15 is 0 Å². The van der Waals surface area contributed by atoms with E-state index in [1.165, 1.54) is 6.26 Å². The van der Waals surface area contributed by atoms with E-state index in [0.29, 0.717) is 29.6 Å². The number of likely N-dealkylation sites (tertiary alicyclic amines) is 1. The Hall–Kier alpha value is -2.81. The molecule has 1 unspecified atom stereocenters. The number of carbonyl (C=O) groups is 3. The summed E-state index contributed by atoms with van der Waals surface area (Å²) >= 11 is 0. The number of nitrogens with zero attached hydrogens (tertiary/aromatic N) is 1. The predicted octanol–water partition coefficient (Wildman–Crippen LogP) is 1.44. The number of amides is 3. The summed E-state index contributed by atoms with van der Waals surface area (Å²) in [5, 5.41) is 8.61. The summed E-state index contributed by atoms with van der Waals surface area (Å²) in [7, 11) is 0. The molecule has 0 aromatic carbocycles. The van der Waals surface area contributed by atoms with Crippen LogP contribution in [0.3, 0.4) is 0 Å². The monoisotopic (exact) mass is 416 g/mol. The smallest absolute Gasteiger partial charge is 0.338 e. The van der Waals surface area contributed by atoms with Crippen LogP contribution in [0.1, 0.15) is 44.4 Å². The third-order valence-corrected chi connectivity index (χ3v) is 5.74. The van der Waals surface area contributed by atoms with Crippen molar-refractivity contribution < 1.29 is 23.5 Å². The maximum Gasteiger partial charge on any atom is 0.338 e. The molecule has 30 heavy (non-hydrogen) atoms. The van der Waals surface area contributed by atoms with Crippen molar-refractivity contribution >= 4 is 17.9 Å². The molecule has 1 atom stereocenters. The highest BCUT2D eigenvalue weighted by atomic mass is 16.5. The first-order valence-electron chi connectivity index (χ1n) is 10.6. The lowest BCUT2D eigenvalue weighted by Crippen LogP contribution is -2.49. The van der Waals surface area contributed by atoms with E-state index in [-0.39, 0.29) is 18.4 Å². The molecule has 0 radical (unpaired) electrons. The standard InChI is InChI=1S/C21H28N4O5/c1-2-29-20(27)17-15(23-21(28)24-18(17)16-4-3-11-30-16)12-25-9-7-13(8-10-25)19(26)22-14-5-6-14/h3-4,11,13-14,18H,2,5-10,12H2,1H3,(H,22,26)(H2,23,24,28). The van der Waals surface area contributed by atoms with Gasteiger partial charge in [-0.15, -0.1) is 0 Å². The van der Waals surface area contributed by atoms with Gasteiger partial charge in [0.2, 0.25) is 5.91 Å². The average molecular weight is 416 g/mol. The average Bonchev–Trinajstić information content (AvgIpc) is 3.36. The zero-order chi connectivity index (χ0) is 21.1. The molecule has 0 spiro atoms. The van der Waals surface area contributed by atoms with Crippen molar-refractivity contribution in [2.45, 2.75) is 44.7 Å². The largest absolute Gasteiger partial charge is 0.467 e. The summed E-state index contributed by atoms with van der Waals surface area (Å²) in [4.78, 5) is 39.5. The van der Waals surface area contributed by atoms with Crippen molar-refractivity contribution in [3.63, 3.8) is 0 Å².